The molecule has 5 rings (SSSR count). The van der Waals surface area contributed by atoms with Gasteiger partial charge < -0.3 is 14.4 Å². The Balaban J connectivity index is 1.40. The second kappa shape index (κ2) is 11.0. The molecule has 0 radical (unpaired) electrons. The molecule has 1 aromatic heterocycles. The second-order valence-electron chi connectivity index (χ2n) is 10.1. The molecule has 1 aliphatic carbocycles. The van der Waals surface area contributed by atoms with Crippen LogP contribution >= 0.6 is 11.8 Å². The van der Waals surface area contributed by atoms with Crippen molar-refractivity contribution in [1.82, 2.24) is 13.9 Å². The van der Waals surface area contributed by atoms with Gasteiger partial charge in [0.25, 0.3) is 0 Å². The third-order valence-electron chi connectivity index (χ3n) is 7.23. The molecule has 2 fully saturated rings. The first kappa shape index (κ1) is 26.1. The van der Waals surface area contributed by atoms with Crippen molar-refractivity contribution in [2.24, 2.45) is 5.92 Å². The van der Waals surface area contributed by atoms with Crippen LogP contribution in [0.2, 0.25) is 0 Å². The zero-order valence-corrected chi connectivity index (χ0v) is 22.6. The zero-order chi connectivity index (χ0) is 26.0. The highest BCUT2D eigenvalue weighted by atomic mass is 32.2. The van der Waals surface area contributed by atoms with E-state index in [2.05, 4.69) is 11.5 Å². The first-order valence-corrected chi connectivity index (χ1v) is 15.3. The van der Waals surface area contributed by atoms with Gasteiger partial charge in [0.15, 0.2) is 11.8 Å². The molecule has 0 bridgehead atoms. The quantitative estimate of drug-likeness (QED) is 0.364. The molecule has 1 saturated carbocycles. The average molecular weight is 544 g/mol. The number of thioether (sulfide) groups is 1. The number of carboxylic acids is 1. The second-order valence-corrected chi connectivity index (χ2v) is 13.0. The SMILES string of the molecule is CC1CCCN(S(=O)(=O)c2ccc3c(c2)nc(SCc2ccc(OCC(=O)O)cc2)n3C2CCCC2)C1. The van der Waals surface area contributed by atoms with Crippen molar-refractivity contribution in [3.8, 4) is 5.75 Å². The molecule has 37 heavy (non-hydrogen) atoms. The van der Waals surface area contributed by atoms with Crippen LogP contribution in [0.4, 0.5) is 0 Å². The van der Waals surface area contributed by atoms with Crippen LogP contribution in [0.3, 0.4) is 0 Å². The van der Waals surface area contributed by atoms with Crippen LogP contribution in [0.15, 0.2) is 52.5 Å². The van der Waals surface area contributed by atoms with E-state index in [0.717, 1.165) is 47.4 Å². The first-order valence-electron chi connectivity index (χ1n) is 12.9. The molecule has 2 heterocycles. The fourth-order valence-electron chi connectivity index (χ4n) is 5.32. The molecule has 1 aliphatic heterocycles. The Morgan fingerprint density at radius 3 is 2.57 bits per heavy atom. The Morgan fingerprint density at radius 1 is 1.11 bits per heavy atom. The highest BCUT2D eigenvalue weighted by Crippen LogP contribution is 2.38. The molecule has 1 saturated heterocycles. The largest absolute Gasteiger partial charge is 0.482 e. The summed E-state index contributed by atoms with van der Waals surface area (Å²) < 4.78 is 35.9. The standard InChI is InChI=1S/C27H33N3O5S2/c1-19-5-4-14-29(16-19)37(33,34)23-12-13-25-24(15-23)28-27(30(25)21-6-2-3-7-21)36-18-20-8-10-22(11-9-20)35-17-26(31)32/h8-13,15,19,21H,2-7,14,16-18H2,1H3,(H,31,32). The molecule has 10 heteroatoms. The number of fused-ring (bicyclic) bond motifs is 1. The Hall–Kier alpha value is -2.56. The molecule has 0 amide bonds. The number of imidazole rings is 1. The number of benzene rings is 2. The summed E-state index contributed by atoms with van der Waals surface area (Å²) in [5.74, 6) is 0.569. The van der Waals surface area contributed by atoms with E-state index in [9.17, 15) is 13.2 Å². The van der Waals surface area contributed by atoms with Crippen molar-refractivity contribution < 1.29 is 23.1 Å². The number of rotatable bonds is 9. The Kier molecular flexibility index (Phi) is 7.78. The van der Waals surface area contributed by atoms with E-state index >= 15 is 0 Å². The van der Waals surface area contributed by atoms with Crippen LogP contribution in [0.1, 0.15) is 57.1 Å². The van der Waals surface area contributed by atoms with Crippen LogP contribution in [0.25, 0.3) is 11.0 Å². The monoisotopic (exact) mass is 543 g/mol. The maximum absolute atomic E-state index is 13.4. The third-order valence-corrected chi connectivity index (χ3v) is 10.1. The number of hydrogen-bond donors (Lipinski definition) is 1. The maximum Gasteiger partial charge on any atom is 0.341 e. The number of sulfonamides is 1. The molecule has 0 spiro atoms. The summed E-state index contributed by atoms with van der Waals surface area (Å²) in [7, 11) is -3.55. The van der Waals surface area contributed by atoms with Gasteiger partial charge in [-0.3, -0.25) is 0 Å². The number of nitrogens with zero attached hydrogens (tertiary/aromatic N) is 3. The van der Waals surface area contributed by atoms with Gasteiger partial charge in [-0.05, 0) is 67.5 Å². The minimum Gasteiger partial charge on any atom is -0.482 e. The van der Waals surface area contributed by atoms with Crippen LogP contribution in [0.5, 0.6) is 5.75 Å². The van der Waals surface area contributed by atoms with Crippen molar-refractivity contribution in [2.45, 2.75) is 67.3 Å². The van der Waals surface area contributed by atoms with Gasteiger partial charge in [0.1, 0.15) is 5.75 Å². The molecule has 2 aromatic carbocycles. The van der Waals surface area contributed by atoms with Gasteiger partial charge in [-0.1, -0.05) is 43.7 Å². The highest BCUT2D eigenvalue weighted by Gasteiger charge is 2.30. The number of carbonyl (C=O) groups is 1. The highest BCUT2D eigenvalue weighted by molar-refractivity contribution is 7.98. The number of hydrogen-bond acceptors (Lipinski definition) is 6. The Bertz CT molecular complexity index is 1360. The maximum atomic E-state index is 13.4. The third kappa shape index (κ3) is 5.81. The summed E-state index contributed by atoms with van der Waals surface area (Å²) >= 11 is 1.64. The lowest BCUT2D eigenvalue weighted by Crippen LogP contribution is -2.39. The molecule has 1 N–H and O–H groups in total. The van der Waals surface area contributed by atoms with E-state index < -0.39 is 16.0 Å². The summed E-state index contributed by atoms with van der Waals surface area (Å²) in [6.45, 7) is 2.88. The summed E-state index contributed by atoms with van der Waals surface area (Å²) in [5.41, 5.74) is 2.77. The van der Waals surface area contributed by atoms with Crippen molar-refractivity contribution in [3.63, 3.8) is 0 Å². The lowest BCUT2D eigenvalue weighted by molar-refractivity contribution is -0.139. The van der Waals surface area contributed by atoms with Crippen LogP contribution in [-0.4, -0.2) is 53.0 Å². The van der Waals surface area contributed by atoms with E-state index in [1.165, 1.54) is 12.8 Å². The number of aliphatic carboxylic acids is 1. The minimum atomic E-state index is -3.55. The van der Waals surface area contributed by atoms with E-state index in [0.29, 0.717) is 41.4 Å². The van der Waals surface area contributed by atoms with Crippen LogP contribution < -0.4 is 4.74 Å². The molecule has 3 aromatic rings. The Labute approximate surface area is 222 Å². The van der Waals surface area contributed by atoms with E-state index in [1.54, 1.807) is 40.3 Å². The first-order chi connectivity index (χ1) is 17.8. The summed E-state index contributed by atoms with van der Waals surface area (Å²) in [4.78, 5) is 16.0. The molecule has 1 unspecified atom stereocenters. The van der Waals surface area contributed by atoms with Gasteiger partial charge in [-0.25, -0.2) is 18.2 Å². The number of piperidine rings is 1. The van der Waals surface area contributed by atoms with Gasteiger partial charge in [0.2, 0.25) is 10.0 Å². The Morgan fingerprint density at radius 2 is 1.86 bits per heavy atom. The van der Waals surface area contributed by atoms with E-state index in [4.69, 9.17) is 14.8 Å². The summed E-state index contributed by atoms with van der Waals surface area (Å²) in [5, 5.41) is 9.68. The normalized spacial score (nSPS) is 19.4. The average Bonchev–Trinajstić information content (AvgIpc) is 3.54. The number of ether oxygens (including phenoxy) is 1. The van der Waals surface area contributed by atoms with Gasteiger partial charge in [0.05, 0.1) is 15.9 Å². The van der Waals surface area contributed by atoms with Gasteiger partial charge in [-0.15, -0.1) is 0 Å². The van der Waals surface area contributed by atoms with Crippen molar-refractivity contribution >= 4 is 38.8 Å². The zero-order valence-electron chi connectivity index (χ0n) is 21.0. The van der Waals surface area contributed by atoms with Crippen molar-refractivity contribution in [1.29, 1.82) is 0 Å². The number of aromatic nitrogens is 2. The molecular formula is C27H33N3O5S2. The molecule has 8 nitrogen and oxygen atoms in total. The summed E-state index contributed by atoms with van der Waals surface area (Å²) in [6.07, 6.45) is 6.53. The van der Waals surface area contributed by atoms with Crippen molar-refractivity contribution in [3.05, 3.63) is 48.0 Å². The fourth-order valence-corrected chi connectivity index (χ4v) is 7.98. The predicted molar refractivity (Wildman–Crippen MR) is 144 cm³/mol. The van der Waals surface area contributed by atoms with Crippen LogP contribution in [-0.2, 0) is 20.6 Å². The smallest absolute Gasteiger partial charge is 0.341 e. The minimum absolute atomic E-state index is 0.318. The predicted octanol–water partition coefficient (Wildman–Crippen LogP) is 5.33. The van der Waals surface area contributed by atoms with Gasteiger partial charge in [0, 0.05) is 24.9 Å². The lowest BCUT2D eigenvalue weighted by atomic mass is 10.0. The lowest BCUT2D eigenvalue weighted by Gasteiger charge is -2.30. The molecule has 198 valence electrons. The van der Waals surface area contributed by atoms with E-state index in [1.807, 2.05) is 18.2 Å². The van der Waals surface area contributed by atoms with E-state index in [-0.39, 0.29) is 6.61 Å². The van der Waals surface area contributed by atoms with Gasteiger partial charge >= 0.3 is 5.97 Å². The molecule has 2 aliphatic rings. The fraction of sp³-hybridized carbons (Fsp3) is 0.481. The number of carboxylic acid groups (broad SMARTS) is 1. The van der Waals surface area contributed by atoms with Gasteiger partial charge in [-0.2, -0.15) is 4.31 Å². The van der Waals surface area contributed by atoms with Crippen molar-refractivity contribution in [2.75, 3.05) is 19.7 Å². The molecular weight excluding hydrogens is 510 g/mol. The molecule has 1 atom stereocenters. The topological polar surface area (TPSA) is 102 Å². The summed E-state index contributed by atoms with van der Waals surface area (Å²) in [6, 6.07) is 13.2. The van der Waals surface area contributed by atoms with Crippen LogP contribution in [0, 0.1) is 5.92 Å².